The molecule has 0 bridgehead atoms. The van der Waals surface area contributed by atoms with Crippen LogP contribution in [0.25, 0.3) is 0 Å². The van der Waals surface area contributed by atoms with Gasteiger partial charge in [0.2, 0.25) is 29.5 Å². The van der Waals surface area contributed by atoms with Crippen molar-refractivity contribution in [3.8, 4) is 0 Å². The quantitative estimate of drug-likeness (QED) is 0.0346. The normalized spacial score (nSPS) is 33.1. The second kappa shape index (κ2) is 66.6. The van der Waals surface area contributed by atoms with Gasteiger partial charge in [0.1, 0.15) is 110 Å². The van der Waals surface area contributed by atoms with E-state index in [9.17, 15) is 106 Å². The third-order valence-electron chi connectivity index (χ3n) is 24.1. The fourth-order valence-corrected chi connectivity index (χ4v) is 16.5. The number of nitrogens with two attached hydrogens (primary N) is 2. The molecule has 37 nitrogen and oxygen atoms in total. The van der Waals surface area contributed by atoms with Crippen LogP contribution in [0.5, 0.6) is 0 Å². The second-order valence-corrected chi connectivity index (χ2v) is 37.0. The number of unbranched alkanes of at least 4 members (excludes halogenated alkanes) is 18. The van der Waals surface area contributed by atoms with Gasteiger partial charge >= 0.3 is 0 Å². The Labute approximate surface area is 755 Å². The van der Waals surface area contributed by atoms with Crippen molar-refractivity contribution in [1.82, 2.24) is 26.6 Å². The van der Waals surface area contributed by atoms with Crippen molar-refractivity contribution in [3.05, 3.63) is 0 Å². The van der Waals surface area contributed by atoms with Crippen molar-refractivity contribution < 1.29 is 149 Å². The molecule has 0 aromatic heterocycles. The van der Waals surface area contributed by atoms with Gasteiger partial charge in [0.05, 0.1) is 113 Å². The minimum atomic E-state index is -1.23. The minimum absolute atomic E-state index is 0.0185. The van der Waals surface area contributed by atoms with E-state index in [2.05, 4.69) is 40.4 Å². The zero-order valence-electron chi connectivity index (χ0n) is 79.0. The highest BCUT2D eigenvalue weighted by Gasteiger charge is 2.51. The van der Waals surface area contributed by atoms with Gasteiger partial charge in [0.15, 0.2) is 0 Å². The molecule has 6 saturated heterocycles. The zero-order chi connectivity index (χ0) is 96.5. The summed E-state index contributed by atoms with van der Waals surface area (Å²) in [4.78, 5) is 59.7. The Morgan fingerprint density at radius 1 is 0.268 bits per heavy atom. The van der Waals surface area contributed by atoms with Crippen LogP contribution < -0.4 is 38.1 Å². The van der Waals surface area contributed by atoms with E-state index in [1.165, 1.54) is 39.0 Å². The number of carbonyl (C=O) groups is 5. The molecule has 752 valence electrons. The fraction of sp³-hybridized carbons (Fsp3) is 0.944. The fourth-order valence-electron chi connectivity index (χ4n) is 16.5. The van der Waals surface area contributed by atoms with Crippen molar-refractivity contribution in [2.45, 2.75) is 454 Å². The largest absolute Gasteiger partial charge is 0.396 e. The summed E-state index contributed by atoms with van der Waals surface area (Å²) in [5.74, 6) is -0.557. The molecular weight excluding hydrogens is 1660 g/mol. The number of rotatable bonds is 45. The van der Waals surface area contributed by atoms with Gasteiger partial charge in [-0.3, -0.25) is 24.0 Å². The predicted molar refractivity (Wildman–Crippen MR) is 476 cm³/mol. The zero-order valence-corrected chi connectivity index (χ0v) is 79.0. The molecule has 30 atom stereocenters. The van der Waals surface area contributed by atoms with Gasteiger partial charge in [-0.05, 0) is 80.6 Å². The summed E-state index contributed by atoms with van der Waals surface area (Å²) in [6.07, 6.45) is 2.81. The molecule has 0 spiro atoms. The van der Waals surface area contributed by atoms with E-state index in [1.54, 1.807) is 0 Å². The van der Waals surface area contributed by atoms with Gasteiger partial charge in [-0.1, -0.05) is 200 Å². The van der Waals surface area contributed by atoms with E-state index in [0.29, 0.717) is 32.2 Å². The molecule has 6 fully saturated rings. The summed E-state index contributed by atoms with van der Waals surface area (Å²) in [5.41, 5.74) is 11.2. The topological polar surface area (TPSA) is 637 Å². The Balaban J connectivity index is 0.000000769. The minimum Gasteiger partial charge on any atom is -0.396 e. The highest BCUT2D eigenvalue weighted by atomic mass is 16.6. The molecule has 0 radical (unpaired) electrons. The number of amides is 5. The van der Waals surface area contributed by atoms with E-state index in [0.717, 1.165) is 109 Å². The SMILES string of the molecule is CC(=O)NC1[C@H](C(C)C)OC(CO)[C@@H](O)[C@@H]1O.CC(C)[C@@H]1OC(CO)[C@@H](O)[C@H](O)C1N.CC(C)[C@@H]1OC(CO)[C@@H](O)[C@H](O)C1NC(=O)CCCCCCCN.CC(C)[C@@H]1OC(CO)[C@@H](O)[C@H](O)C1NC(=O)CCCCCCCO.CCCCCCCC(=O)NC1[C@H](C(C)C)OC(CO)[C@@H](O)[C@@H]1O.CCCCCCCCCC(=O)NC1[C@H](C(C)C)OC(CO)[C@@H](O)[C@@H]1O. The lowest BCUT2D eigenvalue weighted by Crippen LogP contribution is -2.65. The van der Waals surface area contributed by atoms with Gasteiger partial charge in [-0.15, -0.1) is 0 Å². The summed E-state index contributed by atoms with van der Waals surface area (Å²) in [7, 11) is 0. The van der Waals surface area contributed by atoms with Crippen molar-refractivity contribution >= 4 is 29.5 Å². The summed E-state index contributed by atoms with van der Waals surface area (Å²) in [5, 5.41) is 198. The van der Waals surface area contributed by atoms with E-state index < -0.39 is 177 Å². The third-order valence-corrected chi connectivity index (χ3v) is 24.1. The summed E-state index contributed by atoms with van der Waals surface area (Å²) >= 11 is 0. The molecule has 0 aliphatic carbocycles. The van der Waals surface area contributed by atoms with Crippen LogP contribution in [-0.2, 0) is 52.4 Å². The molecule has 6 aliphatic heterocycles. The first kappa shape index (κ1) is 121. The molecule has 5 amide bonds. The average molecular weight is 1840 g/mol. The second-order valence-electron chi connectivity index (χ2n) is 37.0. The number of aliphatic hydroxyl groups is 19. The number of ether oxygens (including phenoxy) is 6. The molecule has 28 N–H and O–H groups in total. The van der Waals surface area contributed by atoms with Gasteiger partial charge in [-0.2, -0.15) is 0 Å². The maximum absolute atomic E-state index is 12.2. The maximum atomic E-state index is 12.2. The molecule has 6 heterocycles. The molecule has 0 aromatic carbocycles. The van der Waals surface area contributed by atoms with Crippen LogP contribution in [0, 0.1) is 35.5 Å². The van der Waals surface area contributed by atoms with Crippen LogP contribution in [0.2, 0.25) is 0 Å². The summed E-state index contributed by atoms with van der Waals surface area (Å²) in [6, 6.07) is -3.94. The van der Waals surface area contributed by atoms with Crippen molar-refractivity contribution in [1.29, 1.82) is 0 Å². The summed E-state index contributed by atoms with van der Waals surface area (Å²) in [6.45, 7) is 27.4. The Morgan fingerprint density at radius 3 is 0.654 bits per heavy atom. The standard InChI is InChI=1S/C19H37NO5.C17H34N2O5.C17H33NO6.C17H33NO5.C11H21NO5.C9H19NO4/c1-4-5-6-7-8-9-10-11-15(22)20-16-18(24)17(23)14(12-21)25-19(16)13(2)3;1-11(2)17-14(16(23)15(22)12(10-20)24-17)19-13(21)8-6-4-3-5-7-9-18;1-11(2)17-14(16(23)15(22)12(10-20)24-17)18-13(21)8-6-4-3-5-7-9-19;1-4-5-6-7-8-9-13(20)18-14-16(22)15(21)12(10-19)23-17(14)11(2)3;1-5(2)11-8(12-6(3)14)10(16)9(15)7(4-13)17-11;1-4(2)9-6(10)8(13)7(12)5(3-11)14-9/h13-14,16-19,21,23-24H,4-12H2,1-3H3,(H,20,22);11-12,14-17,20,22-23H,3-10,18H2,1-2H3,(H,19,21);11-12,14-17,19-20,22-23H,3-10H2,1-2H3,(H,18,21);11-12,14-17,19,21-22H,4-10H2,1-3H3,(H,18,20);5,7-11,13,15-16H,4H2,1-3H3,(H,12,14);4-9,11-13H,3,10H2,1-2H3/t14?,16?,17-,18-,19+;3*12?,14?,15-,16-,17+;7?,8?,9-,10-,11+;5?,6?,7-,8-,9+/m111111/s1. The van der Waals surface area contributed by atoms with E-state index in [1.807, 2.05) is 83.1 Å². The van der Waals surface area contributed by atoms with Crippen molar-refractivity contribution in [3.63, 3.8) is 0 Å². The molecule has 37 heteroatoms. The number of nitrogens with one attached hydrogen (secondary N) is 5. The maximum Gasteiger partial charge on any atom is 0.220 e. The molecule has 6 rings (SSSR count). The highest BCUT2D eigenvalue weighted by molar-refractivity contribution is 5.78. The van der Waals surface area contributed by atoms with Crippen LogP contribution >= 0.6 is 0 Å². The van der Waals surface area contributed by atoms with Crippen LogP contribution in [0.4, 0.5) is 0 Å². The van der Waals surface area contributed by atoms with Gasteiger partial charge in [-0.25, -0.2) is 0 Å². The first-order valence-electron chi connectivity index (χ1n) is 47.3. The van der Waals surface area contributed by atoms with Crippen LogP contribution in [0.15, 0.2) is 0 Å². The Bertz CT molecular complexity index is 2790. The lowest BCUT2D eigenvalue weighted by Gasteiger charge is -2.44. The monoisotopic (exact) mass is 1840 g/mol. The van der Waals surface area contributed by atoms with Crippen LogP contribution in [0.3, 0.4) is 0 Å². The van der Waals surface area contributed by atoms with E-state index in [4.69, 9.17) is 55.2 Å². The number of carbonyl (C=O) groups excluding carboxylic acids is 5. The Kier molecular flexibility index (Phi) is 63.6. The summed E-state index contributed by atoms with van der Waals surface area (Å²) < 4.78 is 33.6. The molecule has 0 saturated carbocycles. The molecule has 0 aromatic rings. The van der Waals surface area contributed by atoms with Crippen LogP contribution in [0.1, 0.15) is 271 Å². The molecule has 127 heavy (non-hydrogen) atoms. The lowest BCUT2D eigenvalue weighted by atomic mass is 9.87. The van der Waals surface area contributed by atoms with Gasteiger partial charge in [0.25, 0.3) is 0 Å². The lowest BCUT2D eigenvalue weighted by molar-refractivity contribution is -0.204. The molecular formula is C90H177N7O30. The number of hydrogen-bond donors (Lipinski definition) is 26. The van der Waals surface area contributed by atoms with E-state index in [-0.39, 0.29) is 117 Å². The Morgan fingerprint density at radius 2 is 0.457 bits per heavy atom. The highest BCUT2D eigenvalue weighted by Crippen LogP contribution is 2.33. The van der Waals surface area contributed by atoms with Gasteiger partial charge in [0, 0.05) is 39.2 Å². The van der Waals surface area contributed by atoms with Crippen molar-refractivity contribution in [2.24, 2.45) is 47.0 Å². The first-order valence-corrected chi connectivity index (χ1v) is 47.3. The van der Waals surface area contributed by atoms with Crippen LogP contribution in [-0.4, -0.2) is 362 Å². The molecule has 12 unspecified atom stereocenters. The molecule has 6 aliphatic rings. The smallest absolute Gasteiger partial charge is 0.220 e. The van der Waals surface area contributed by atoms with E-state index >= 15 is 0 Å². The predicted octanol–water partition coefficient (Wildman–Crippen LogP) is -0.352. The number of hydrogen-bond acceptors (Lipinski definition) is 32. The Hall–Kier alpha value is -3.73. The number of aliphatic hydroxyl groups excluding tert-OH is 19. The third kappa shape index (κ3) is 42.4. The average Bonchev–Trinajstić information content (AvgIpc) is 0.820. The van der Waals surface area contributed by atoms with Crippen molar-refractivity contribution in [2.75, 3.05) is 52.8 Å². The van der Waals surface area contributed by atoms with Gasteiger partial charge < -0.3 is 163 Å². The first-order chi connectivity index (χ1) is 60.0.